The molecular formula is C19H16N6OS2. The second kappa shape index (κ2) is 8.32. The number of aryl methyl sites for hydroxylation is 1. The van der Waals surface area contributed by atoms with E-state index in [1.165, 1.54) is 23.1 Å². The van der Waals surface area contributed by atoms with Gasteiger partial charge in [-0.1, -0.05) is 0 Å². The van der Waals surface area contributed by atoms with Crippen molar-refractivity contribution in [3.63, 3.8) is 0 Å². The summed E-state index contributed by atoms with van der Waals surface area (Å²) in [7, 11) is 1.90. The third kappa shape index (κ3) is 4.44. The first-order chi connectivity index (χ1) is 13.7. The van der Waals surface area contributed by atoms with Gasteiger partial charge in [-0.3, -0.25) is 9.78 Å². The third-order valence-electron chi connectivity index (χ3n) is 3.82. The standard InChI is InChI=1S/C19H16N6OS2/c1-25-12-21-24-19(25)28-16-6-4-14(5-7-16)22-17(26)9-15-11-27-18(23-15)13-3-2-8-20-10-13/h2-8,10-12H,9H2,1H3,(H,22,26). The first-order valence-electron chi connectivity index (χ1n) is 8.44. The largest absolute Gasteiger partial charge is 0.326 e. The highest BCUT2D eigenvalue weighted by Gasteiger charge is 2.10. The molecule has 0 bridgehead atoms. The van der Waals surface area contributed by atoms with E-state index in [1.807, 2.05) is 53.4 Å². The van der Waals surface area contributed by atoms with Crippen molar-refractivity contribution < 1.29 is 4.79 Å². The first-order valence-corrected chi connectivity index (χ1v) is 10.1. The highest BCUT2D eigenvalue weighted by molar-refractivity contribution is 7.99. The number of hydrogen-bond acceptors (Lipinski definition) is 7. The zero-order chi connectivity index (χ0) is 19.3. The van der Waals surface area contributed by atoms with Crippen LogP contribution in [0.2, 0.25) is 0 Å². The topological polar surface area (TPSA) is 85.6 Å². The average molecular weight is 409 g/mol. The molecule has 0 saturated heterocycles. The van der Waals surface area contributed by atoms with Crippen molar-refractivity contribution in [1.29, 1.82) is 0 Å². The average Bonchev–Trinajstić information content (AvgIpc) is 3.33. The van der Waals surface area contributed by atoms with Gasteiger partial charge in [-0.15, -0.1) is 21.5 Å². The molecule has 0 saturated carbocycles. The highest BCUT2D eigenvalue weighted by Crippen LogP contribution is 2.26. The number of benzene rings is 1. The number of pyridine rings is 1. The number of nitrogens with zero attached hydrogens (tertiary/aromatic N) is 5. The summed E-state index contributed by atoms with van der Waals surface area (Å²) in [4.78, 5) is 22.0. The van der Waals surface area contributed by atoms with E-state index in [1.54, 1.807) is 18.7 Å². The lowest BCUT2D eigenvalue weighted by Crippen LogP contribution is -2.14. The monoisotopic (exact) mass is 408 g/mol. The molecular weight excluding hydrogens is 392 g/mol. The molecule has 140 valence electrons. The zero-order valence-corrected chi connectivity index (χ0v) is 16.6. The van der Waals surface area contributed by atoms with Crippen LogP contribution in [-0.4, -0.2) is 30.6 Å². The van der Waals surface area contributed by atoms with E-state index in [9.17, 15) is 4.79 Å². The first kappa shape index (κ1) is 18.3. The van der Waals surface area contributed by atoms with Gasteiger partial charge in [0.05, 0.1) is 12.1 Å². The predicted octanol–water partition coefficient (Wildman–Crippen LogP) is 3.67. The summed E-state index contributed by atoms with van der Waals surface area (Å²) in [6.07, 6.45) is 5.38. The Morgan fingerprint density at radius 2 is 2.11 bits per heavy atom. The Morgan fingerprint density at radius 3 is 2.82 bits per heavy atom. The summed E-state index contributed by atoms with van der Waals surface area (Å²) in [5.74, 6) is -0.100. The molecule has 0 atom stereocenters. The van der Waals surface area contributed by atoms with Gasteiger partial charge >= 0.3 is 0 Å². The van der Waals surface area contributed by atoms with Crippen molar-refractivity contribution in [3.05, 3.63) is 66.2 Å². The molecule has 0 aliphatic carbocycles. The smallest absolute Gasteiger partial charge is 0.230 e. The van der Waals surface area contributed by atoms with Crippen molar-refractivity contribution in [2.75, 3.05) is 5.32 Å². The van der Waals surface area contributed by atoms with Crippen LogP contribution in [-0.2, 0) is 18.3 Å². The lowest BCUT2D eigenvalue weighted by molar-refractivity contribution is -0.115. The highest BCUT2D eigenvalue weighted by atomic mass is 32.2. The van der Waals surface area contributed by atoms with E-state index in [-0.39, 0.29) is 12.3 Å². The fraction of sp³-hybridized carbons (Fsp3) is 0.105. The molecule has 0 aliphatic heterocycles. The van der Waals surface area contributed by atoms with Crippen molar-refractivity contribution >= 4 is 34.7 Å². The van der Waals surface area contributed by atoms with Crippen LogP contribution in [0.15, 0.2) is 70.6 Å². The second-order valence-electron chi connectivity index (χ2n) is 5.96. The maximum Gasteiger partial charge on any atom is 0.230 e. The van der Waals surface area contributed by atoms with Crippen molar-refractivity contribution in [3.8, 4) is 10.6 Å². The number of amides is 1. The predicted molar refractivity (Wildman–Crippen MR) is 109 cm³/mol. The Hall–Kier alpha value is -3.04. The number of hydrogen-bond donors (Lipinski definition) is 1. The van der Waals surface area contributed by atoms with E-state index in [4.69, 9.17) is 0 Å². The summed E-state index contributed by atoms with van der Waals surface area (Å²) >= 11 is 3.02. The SMILES string of the molecule is Cn1cnnc1Sc1ccc(NC(=O)Cc2csc(-c3cccnc3)n2)cc1. The molecule has 28 heavy (non-hydrogen) atoms. The van der Waals surface area contributed by atoms with E-state index < -0.39 is 0 Å². The number of rotatable bonds is 6. The molecule has 0 fully saturated rings. The molecule has 0 spiro atoms. The Kier molecular flexibility index (Phi) is 5.45. The Balaban J connectivity index is 1.35. The van der Waals surface area contributed by atoms with Crippen molar-refractivity contribution in [2.24, 2.45) is 7.05 Å². The van der Waals surface area contributed by atoms with E-state index >= 15 is 0 Å². The Bertz CT molecular complexity index is 1080. The summed E-state index contributed by atoms with van der Waals surface area (Å²) in [5.41, 5.74) is 2.45. The number of aromatic nitrogens is 5. The van der Waals surface area contributed by atoms with Crippen LogP contribution in [0.3, 0.4) is 0 Å². The molecule has 9 heteroatoms. The number of thiazole rings is 1. The fourth-order valence-electron chi connectivity index (χ4n) is 2.46. The van der Waals surface area contributed by atoms with Gasteiger partial charge < -0.3 is 9.88 Å². The lowest BCUT2D eigenvalue weighted by atomic mass is 10.2. The second-order valence-corrected chi connectivity index (χ2v) is 7.86. The van der Waals surface area contributed by atoms with Gasteiger partial charge in [0, 0.05) is 41.0 Å². The number of nitrogens with one attached hydrogen (secondary N) is 1. The minimum absolute atomic E-state index is 0.100. The lowest BCUT2D eigenvalue weighted by Gasteiger charge is -2.05. The number of carbonyl (C=O) groups excluding carboxylic acids is 1. The van der Waals surface area contributed by atoms with E-state index in [2.05, 4.69) is 25.5 Å². The zero-order valence-electron chi connectivity index (χ0n) is 14.9. The molecule has 0 unspecified atom stereocenters. The van der Waals surface area contributed by atoms with Gasteiger partial charge in [0.1, 0.15) is 11.3 Å². The fourth-order valence-corrected chi connectivity index (χ4v) is 4.03. The van der Waals surface area contributed by atoms with Crippen LogP contribution in [0.25, 0.3) is 10.6 Å². The summed E-state index contributed by atoms with van der Waals surface area (Å²) in [6, 6.07) is 11.5. The number of carbonyl (C=O) groups is 1. The third-order valence-corrected chi connectivity index (χ3v) is 5.82. The van der Waals surface area contributed by atoms with Crippen LogP contribution < -0.4 is 5.32 Å². The van der Waals surface area contributed by atoms with Crippen molar-refractivity contribution in [2.45, 2.75) is 16.5 Å². The van der Waals surface area contributed by atoms with Crippen LogP contribution in [0.4, 0.5) is 5.69 Å². The van der Waals surface area contributed by atoms with Crippen LogP contribution in [0, 0.1) is 0 Å². The molecule has 3 heterocycles. The van der Waals surface area contributed by atoms with Gasteiger partial charge in [0.2, 0.25) is 5.91 Å². The molecule has 0 aliphatic rings. The van der Waals surface area contributed by atoms with Gasteiger partial charge in [0.15, 0.2) is 5.16 Å². The maximum atomic E-state index is 12.3. The van der Waals surface area contributed by atoms with Crippen LogP contribution in [0.1, 0.15) is 5.69 Å². The van der Waals surface area contributed by atoms with E-state index in [0.717, 1.165) is 32.0 Å². The minimum atomic E-state index is -0.100. The van der Waals surface area contributed by atoms with Crippen molar-refractivity contribution in [1.82, 2.24) is 24.7 Å². The minimum Gasteiger partial charge on any atom is -0.326 e. The molecule has 7 nitrogen and oxygen atoms in total. The molecule has 3 aromatic heterocycles. The summed E-state index contributed by atoms with van der Waals surface area (Å²) in [5, 5.41) is 14.4. The Morgan fingerprint density at radius 1 is 1.25 bits per heavy atom. The summed E-state index contributed by atoms with van der Waals surface area (Å²) in [6.45, 7) is 0. The molecule has 1 N–H and O–H groups in total. The van der Waals surface area contributed by atoms with Gasteiger partial charge in [-0.25, -0.2) is 4.98 Å². The van der Waals surface area contributed by atoms with Gasteiger partial charge in [-0.2, -0.15) is 0 Å². The normalized spacial score (nSPS) is 10.8. The molecule has 1 amide bonds. The molecule has 1 aromatic carbocycles. The summed E-state index contributed by atoms with van der Waals surface area (Å²) < 4.78 is 1.86. The van der Waals surface area contributed by atoms with Gasteiger partial charge in [-0.05, 0) is 48.2 Å². The molecule has 4 aromatic rings. The maximum absolute atomic E-state index is 12.3. The molecule has 4 rings (SSSR count). The van der Waals surface area contributed by atoms with Crippen LogP contribution in [0.5, 0.6) is 0 Å². The van der Waals surface area contributed by atoms with Crippen LogP contribution >= 0.6 is 23.1 Å². The Labute approximate surface area is 169 Å². The number of anilines is 1. The quantitative estimate of drug-likeness (QED) is 0.524. The molecule has 0 radical (unpaired) electrons. The van der Waals surface area contributed by atoms with Gasteiger partial charge in [0.25, 0.3) is 0 Å². The van der Waals surface area contributed by atoms with E-state index in [0.29, 0.717) is 0 Å².